The molecule has 2 aromatic carbocycles. The Kier molecular flexibility index (Phi) is 5.19. The van der Waals surface area contributed by atoms with E-state index in [-0.39, 0.29) is 11.1 Å². The first-order valence-electron chi connectivity index (χ1n) is 8.63. The number of aromatic nitrogens is 2. The molecule has 3 rings (SSSR count). The average molecular weight is 387 g/mol. The summed E-state index contributed by atoms with van der Waals surface area (Å²) in [6.07, 6.45) is 2.43. The van der Waals surface area contributed by atoms with Crippen molar-refractivity contribution in [1.82, 2.24) is 9.55 Å². The summed E-state index contributed by atoms with van der Waals surface area (Å²) in [6.45, 7) is 3.70. The average Bonchev–Trinajstić information content (AvgIpc) is 3.00. The molecule has 1 heterocycles. The number of aryl methyl sites for hydroxylation is 2. The maximum Gasteiger partial charge on any atom is 0.337 e. The highest BCUT2D eigenvalue weighted by molar-refractivity contribution is 6.32. The van der Waals surface area contributed by atoms with Gasteiger partial charge in [-0.25, -0.2) is 14.6 Å². The second-order valence-corrected chi connectivity index (χ2v) is 6.73. The number of aromatic carboxylic acids is 2. The predicted octanol–water partition coefficient (Wildman–Crippen LogP) is 4.73. The number of benzene rings is 2. The van der Waals surface area contributed by atoms with Crippen LogP contribution in [0, 0.1) is 6.92 Å². The zero-order valence-corrected chi connectivity index (χ0v) is 15.7. The molecule has 0 saturated heterocycles. The van der Waals surface area contributed by atoms with Gasteiger partial charge in [0.2, 0.25) is 0 Å². The van der Waals surface area contributed by atoms with Gasteiger partial charge in [-0.1, -0.05) is 37.1 Å². The number of para-hydroxylation sites is 1. The Balaban J connectivity index is 2.48. The molecule has 2 N–H and O–H groups in total. The molecule has 0 unspecified atom stereocenters. The molecule has 0 fully saturated rings. The SMILES string of the molecule is CCCCc1nc2c(C)c(C(=O)O)cc(C(=O)O)c2n1-c1ccccc1Cl. The van der Waals surface area contributed by atoms with Crippen LogP contribution in [0.2, 0.25) is 5.02 Å². The standard InChI is InChI=1S/C20H19ClN2O4/c1-3-4-9-16-22-17-11(2)12(19(24)25)10-13(20(26)27)18(17)23(16)15-8-6-5-7-14(15)21/h5-8,10H,3-4,9H2,1-2H3,(H,24,25)(H,26,27). The van der Waals surface area contributed by atoms with Crippen LogP contribution in [-0.2, 0) is 6.42 Å². The maximum atomic E-state index is 11.9. The number of hydrogen-bond donors (Lipinski definition) is 2. The lowest BCUT2D eigenvalue weighted by Crippen LogP contribution is -2.09. The van der Waals surface area contributed by atoms with Crippen LogP contribution < -0.4 is 0 Å². The third-order valence-electron chi connectivity index (χ3n) is 4.56. The van der Waals surface area contributed by atoms with E-state index < -0.39 is 11.9 Å². The highest BCUT2D eigenvalue weighted by Crippen LogP contribution is 2.33. The fourth-order valence-electron chi connectivity index (χ4n) is 3.21. The van der Waals surface area contributed by atoms with E-state index in [1.807, 2.05) is 6.07 Å². The Labute approximate surface area is 161 Å². The molecule has 0 atom stereocenters. The van der Waals surface area contributed by atoms with Crippen molar-refractivity contribution in [2.75, 3.05) is 0 Å². The van der Waals surface area contributed by atoms with Gasteiger partial charge < -0.3 is 10.2 Å². The van der Waals surface area contributed by atoms with Crippen LogP contribution in [0.5, 0.6) is 0 Å². The van der Waals surface area contributed by atoms with Gasteiger partial charge in [0.1, 0.15) is 5.82 Å². The lowest BCUT2D eigenvalue weighted by atomic mass is 10.0. The van der Waals surface area contributed by atoms with Crippen LogP contribution in [0.4, 0.5) is 0 Å². The fourth-order valence-corrected chi connectivity index (χ4v) is 3.43. The van der Waals surface area contributed by atoms with Crippen molar-refractivity contribution in [3.05, 3.63) is 57.9 Å². The quantitative estimate of drug-likeness (QED) is 0.639. The van der Waals surface area contributed by atoms with E-state index in [1.165, 1.54) is 6.07 Å². The summed E-state index contributed by atoms with van der Waals surface area (Å²) in [7, 11) is 0. The minimum Gasteiger partial charge on any atom is -0.478 e. The molecular weight excluding hydrogens is 368 g/mol. The van der Waals surface area contributed by atoms with Crippen molar-refractivity contribution in [2.24, 2.45) is 0 Å². The summed E-state index contributed by atoms with van der Waals surface area (Å²) in [4.78, 5) is 28.1. The third kappa shape index (κ3) is 3.28. The minimum absolute atomic E-state index is 0.0641. The van der Waals surface area contributed by atoms with Crippen LogP contribution in [0.15, 0.2) is 30.3 Å². The topological polar surface area (TPSA) is 92.4 Å². The number of nitrogens with zero attached hydrogens (tertiary/aromatic N) is 2. The summed E-state index contributed by atoms with van der Waals surface area (Å²) in [6, 6.07) is 8.33. The molecule has 0 aliphatic carbocycles. The molecule has 0 aliphatic rings. The zero-order valence-electron chi connectivity index (χ0n) is 15.0. The van der Waals surface area contributed by atoms with E-state index in [4.69, 9.17) is 11.6 Å². The number of fused-ring (bicyclic) bond motifs is 1. The smallest absolute Gasteiger partial charge is 0.337 e. The van der Waals surface area contributed by atoms with Gasteiger partial charge >= 0.3 is 11.9 Å². The summed E-state index contributed by atoms with van der Waals surface area (Å²) in [5.74, 6) is -1.73. The van der Waals surface area contributed by atoms with Gasteiger partial charge in [0, 0.05) is 6.42 Å². The van der Waals surface area contributed by atoms with Gasteiger partial charge in [-0.05, 0) is 37.1 Å². The van der Waals surface area contributed by atoms with Crippen molar-refractivity contribution >= 4 is 34.6 Å². The molecule has 6 nitrogen and oxygen atoms in total. The molecule has 0 spiro atoms. The van der Waals surface area contributed by atoms with Crippen molar-refractivity contribution in [1.29, 1.82) is 0 Å². The Morgan fingerprint density at radius 2 is 1.81 bits per heavy atom. The number of halogens is 1. The molecule has 0 saturated carbocycles. The summed E-state index contributed by atoms with van der Waals surface area (Å²) in [5.41, 5.74) is 1.63. The van der Waals surface area contributed by atoms with E-state index in [0.29, 0.717) is 39.6 Å². The zero-order chi connectivity index (χ0) is 19.7. The molecular formula is C20H19ClN2O4. The Hall–Kier alpha value is -2.86. The molecule has 0 aliphatic heterocycles. The Morgan fingerprint density at radius 1 is 1.15 bits per heavy atom. The van der Waals surface area contributed by atoms with Crippen molar-refractivity contribution in [2.45, 2.75) is 33.1 Å². The summed E-state index contributed by atoms with van der Waals surface area (Å²) < 4.78 is 1.75. The van der Waals surface area contributed by atoms with E-state index in [1.54, 1.807) is 29.7 Å². The first-order valence-corrected chi connectivity index (χ1v) is 9.01. The first-order chi connectivity index (χ1) is 12.9. The second kappa shape index (κ2) is 7.40. The van der Waals surface area contributed by atoms with Gasteiger partial charge in [0.05, 0.1) is 32.9 Å². The number of hydrogen-bond acceptors (Lipinski definition) is 3. The Bertz CT molecular complexity index is 1060. The van der Waals surface area contributed by atoms with Crippen LogP contribution in [0.1, 0.15) is 51.9 Å². The van der Waals surface area contributed by atoms with Gasteiger partial charge in [-0.2, -0.15) is 0 Å². The monoisotopic (exact) mass is 386 g/mol. The fraction of sp³-hybridized carbons (Fsp3) is 0.250. The van der Waals surface area contributed by atoms with Gasteiger partial charge in [-0.3, -0.25) is 4.57 Å². The molecule has 3 aromatic rings. The molecule has 140 valence electrons. The van der Waals surface area contributed by atoms with Crippen LogP contribution >= 0.6 is 11.6 Å². The van der Waals surface area contributed by atoms with Crippen LogP contribution in [-0.4, -0.2) is 31.7 Å². The molecule has 1 aromatic heterocycles. The highest BCUT2D eigenvalue weighted by Gasteiger charge is 2.25. The van der Waals surface area contributed by atoms with E-state index in [9.17, 15) is 19.8 Å². The van der Waals surface area contributed by atoms with Gasteiger partial charge in [-0.15, -0.1) is 0 Å². The number of carbonyl (C=O) groups is 2. The summed E-state index contributed by atoms with van der Waals surface area (Å²) in [5, 5.41) is 19.7. The van der Waals surface area contributed by atoms with Gasteiger partial charge in [0.25, 0.3) is 0 Å². The van der Waals surface area contributed by atoms with Crippen LogP contribution in [0.25, 0.3) is 16.7 Å². The Morgan fingerprint density at radius 3 is 2.41 bits per heavy atom. The molecule has 7 heteroatoms. The molecule has 0 bridgehead atoms. The van der Waals surface area contributed by atoms with E-state index >= 15 is 0 Å². The number of unbranched alkanes of at least 4 members (excludes halogenated alkanes) is 1. The third-order valence-corrected chi connectivity index (χ3v) is 4.88. The van der Waals surface area contributed by atoms with E-state index in [2.05, 4.69) is 11.9 Å². The molecule has 0 radical (unpaired) electrons. The number of carboxylic acids is 2. The van der Waals surface area contributed by atoms with Crippen molar-refractivity contribution in [3.63, 3.8) is 0 Å². The number of imidazole rings is 1. The molecule has 27 heavy (non-hydrogen) atoms. The first kappa shape index (κ1) is 18.9. The van der Waals surface area contributed by atoms with E-state index in [0.717, 1.165) is 12.8 Å². The lowest BCUT2D eigenvalue weighted by molar-refractivity contribution is 0.0695. The largest absolute Gasteiger partial charge is 0.478 e. The minimum atomic E-state index is -1.21. The van der Waals surface area contributed by atoms with Crippen molar-refractivity contribution in [3.8, 4) is 5.69 Å². The van der Waals surface area contributed by atoms with Crippen LogP contribution in [0.3, 0.4) is 0 Å². The highest BCUT2D eigenvalue weighted by atomic mass is 35.5. The lowest BCUT2D eigenvalue weighted by Gasteiger charge is -2.13. The maximum absolute atomic E-state index is 11.9. The number of carboxylic acid groups (broad SMARTS) is 2. The summed E-state index contributed by atoms with van der Waals surface area (Å²) >= 11 is 6.39. The predicted molar refractivity (Wildman–Crippen MR) is 103 cm³/mol. The van der Waals surface area contributed by atoms with Gasteiger partial charge in [0.15, 0.2) is 0 Å². The van der Waals surface area contributed by atoms with Crippen molar-refractivity contribution < 1.29 is 19.8 Å². The normalized spacial score (nSPS) is 11.1. The number of rotatable bonds is 6. The molecule has 0 amide bonds. The second-order valence-electron chi connectivity index (χ2n) is 6.32.